The monoisotopic (exact) mass is 588 g/mol. The number of alkyl halides is 3. The van der Waals surface area contributed by atoms with Crippen LogP contribution in [0.4, 0.5) is 18.9 Å². The summed E-state index contributed by atoms with van der Waals surface area (Å²) in [7, 11) is 1.17. The van der Waals surface area contributed by atoms with E-state index in [0.29, 0.717) is 36.6 Å². The molecule has 13 heteroatoms. The first-order valence-corrected chi connectivity index (χ1v) is 13.2. The minimum atomic E-state index is -4.47. The fraction of sp³-hybridized carbons (Fsp3) is 0.379. The third-order valence-electron chi connectivity index (χ3n) is 7.89. The van der Waals surface area contributed by atoms with Crippen LogP contribution >= 0.6 is 0 Å². The molecule has 3 unspecified atom stereocenters. The number of nitrogens with zero attached hydrogens (tertiary/aromatic N) is 3. The molecule has 2 heterocycles. The first kappa shape index (κ1) is 30.7. The van der Waals surface area contributed by atoms with Crippen molar-refractivity contribution in [2.75, 3.05) is 26.7 Å². The Bertz CT molecular complexity index is 1450. The molecule has 42 heavy (non-hydrogen) atoms. The molecule has 0 aromatic heterocycles. The van der Waals surface area contributed by atoms with Crippen LogP contribution in [0, 0.1) is 10.1 Å². The van der Waals surface area contributed by atoms with Crippen molar-refractivity contribution in [2.45, 2.75) is 45.1 Å². The van der Waals surface area contributed by atoms with Crippen molar-refractivity contribution in [1.29, 1.82) is 0 Å². The van der Waals surface area contributed by atoms with E-state index >= 15 is 0 Å². The van der Waals surface area contributed by atoms with Gasteiger partial charge in [0, 0.05) is 49.2 Å². The predicted molar refractivity (Wildman–Crippen MR) is 146 cm³/mol. The second kappa shape index (κ2) is 11.9. The summed E-state index contributed by atoms with van der Waals surface area (Å²) in [6.07, 6.45) is -5.01. The number of nitro benzene ring substituents is 1. The van der Waals surface area contributed by atoms with Gasteiger partial charge in [0.05, 0.1) is 40.8 Å². The highest BCUT2D eigenvalue weighted by atomic mass is 19.4. The number of carbonyl (C=O) groups excluding carboxylic acids is 1. The summed E-state index contributed by atoms with van der Waals surface area (Å²) >= 11 is 0. The molecule has 0 saturated carbocycles. The molecule has 1 fully saturated rings. The van der Waals surface area contributed by atoms with Crippen molar-refractivity contribution in [2.24, 2.45) is 0 Å². The Kier molecular flexibility index (Phi) is 8.73. The average Bonchev–Trinajstić information content (AvgIpc) is 2.95. The number of esters is 1. The van der Waals surface area contributed by atoms with Crippen molar-refractivity contribution in [3.8, 4) is 0 Å². The molecule has 1 saturated heterocycles. The summed E-state index contributed by atoms with van der Waals surface area (Å²) in [5, 5.41) is 25.1. The number of benzene rings is 2. The van der Waals surface area contributed by atoms with Crippen molar-refractivity contribution in [1.82, 2.24) is 15.1 Å². The molecule has 2 aliphatic rings. The number of non-ortho nitro benzene ring substituents is 1. The highest BCUT2D eigenvalue weighted by molar-refractivity contribution is 5.99. The number of nitro groups is 1. The van der Waals surface area contributed by atoms with E-state index in [4.69, 9.17) is 4.74 Å². The standard InChI is InChI=1S/C29H31F3N4O6/c1-16-24(27(37)38)26(20-6-5-7-22(14-20)36(40)41)25(28(39)42-4)17(2)35(16)18(3)34-13-12-33-15-23(34)19-8-10-21(11-9-19)29(30,31)32/h5-11,14,18,23,26,33H,12-13,15H2,1-4H3,(H,37,38). The Balaban J connectivity index is 1.83. The number of ether oxygens (including phenoxy) is 1. The van der Waals surface area contributed by atoms with Crippen LogP contribution in [0.15, 0.2) is 71.1 Å². The lowest BCUT2D eigenvalue weighted by Crippen LogP contribution is -2.55. The summed E-state index contributed by atoms with van der Waals surface area (Å²) in [5.74, 6) is -3.24. The molecule has 2 aliphatic heterocycles. The number of nitrogens with one attached hydrogen (secondary N) is 1. The van der Waals surface area contributed by atoms with Crippen molar-refractivity contribution >= 4 is 17.6 Å². The minimum Gasteiger partial charge on any atom is -0.478 e. The third kappa shape index (κ3) is 5.74. The van der Waals surface area contributed by atoms with Crippen LogP contribution in [-0.4, -0.2) is 64.7 Å². The number of carboxylic acids is 1. The zero-order valence-electron chi connectivity index (χ0n) is 23.4. The van der Waals surface area contributed by atoms with E-state index in [2.05, 4.69) is 5.32 Å². The van der Waals surface area contributed by atoms with Gasteiger partial charge in [-0.1, -0.05) is 24.3 Å². The van der Waals surface area contributed by atoms with Gasteiger partial charge in [-0.2, -0.15) is 13.2 Å². The minimum absolute atomic E-state index is 0.0223. The zero-order chi connectivity index (χ0) is 30.9. The number of hydrogen-bond donors (Lipinski definition) is 2. The number of hydrogen-bond acceptors (Lipinski definition) is 8. The highest BCUT2D eigenvalue weighted by Gasteiger charge is 2.43. The fourth-order valence-electron chi connectivity index (χ4n) is 5.96. The number of carbonyl (C=O) groups is 2. The van der Waals surface area contributed by atoms with Gasteiger partial charge >= 0.3 is 18.1 Å². The predicted octanol–water partition coefficient (Wildman–Crippen LogP) is 4.81. The van der Waals surface area contributed by atoms with Crippen LogP contribution < -0.4 is 5.32 Å². The van der Waals surface area contributed by atoms with Crippen LogP contribution in [0.1, 0.15) is 49.4 Å². The van der Waals surface area contributed by atoms with Gasteiger partial charge in [0.25, 0.3) is 5.69 Å². The van der Waals surface area contributed by atoms with Gasteiger partial charge in [-0.3, -0.25) is 15.0 Å². The largest absolute Gasteiger partial charge is 0.478 e. The maximum absolute atomic E-state index is 13.2. The van der Waals surface area contributed by atoms with E-state index in [1.807, 2.05) is 11.8 Å². The van der Waals surface area contributed by atoms with Crippen LogP contribution in [0.2, 0.25) is 0 Å². The molecular weight excluding hydrogens is 557 g/mol. The average molecular weight is 589 g/mol. The molecule has 2 aromatic rings. The number of rotatable bonds is 7. The van der Waals surface area contributed by atoms with Gasteiger partial charge in [-0.05, 0) is 44.0 Å². The number of carboxylic acid groups (broad SMARTS) is 1. The Morgan fingerprint density at radius 3 is 2.31 bits per heavy atom. The number of allylic oxidation sites excluding steroid dienone is 2. The number of halogens is 3. The normalized spacial score (nSPS) is 20.9. The maximum Gasteiger partial charge on any atom is 0.416 e. The van der Waals surface area contributed by atoms with Crippen LogP contribution in [0.25, 0.3) is 0 Å². The molecule has 10 nitrogen and oxygen atoms in total. The number of piperazine rings is 1. The van der Waals surface area contributed by atoms with Gasteiger partial charge in [-0.15, -0.1) is 0 Å². The lowest BCUT2D eigenvalue weighted by atomic mass is 9.79. The Labute approximate surface area is 240 Å². The van der Waals surface area contributed by atoms with E-state index in [-0.39, 0.29) is 28.4 Å². The molecule has 4 rings (SSSR count). The summed E-state index contributed by atoms with van der Waals surface area (Å²) in [5.41, 5.74) is 0.473. The highest BCUT2D eigenvalue weighted by Crippen LogP contribution is 2.45. The first-order chi connectivity index (χ1) is 19.8. The van der Waals surface area contributed by atoms with E-state index in [1.54, 1.807) is 18.7 Å². The molecule has 2 N–H and O–H groups in total. The summed E-state index contributed by atoms with van der Waals surface area (Å²) < 4.78 is 44.6. The van der Waals surface area contributed by atoms with Gasteiger partial charge in [0.1, 0.15) is 0 Å². The Morgan fingerprint density at radius 1 is 1.10 bits per heavy atom. The van der Waals surface area contributed by atoms with E-state index < -0.39 is 40.7 Å². The number of methoxy groups -OCH3 is 1. The molecule has 0 aliphatic carbocycles. The molecule has 0 spiro atoms. The van der Waals surface area contributed by atoms with Gasteiger partial charge in [-0.25, -0.2) is 9.59 Å². The van der Waals surface area contributed by atoms with Gasteiger partial charge < -0.3 is 20.1 Å². The summed E-state index contributed by atoms with van der Waals surface area (Å²) in [4.78, 5) is 40.6. The first-order valence-electron chi connectivity index (χ1n) is 13.2. The summed E-state index contributed by atoms with van der Waals surface area (Å²) in [6.45, 7) is 6.58. The van der Waals surface area contributed by atoms with E-state index in [1.165, 1.54) is 43.5 Å². The Morgan fingerprint density at radius 2 is 1.74 bits per heavy atom. The lowest BCUT2D eigenvalue weighted by molar-refractivity contribution is -0.384. The van der Waals surface area contributed by atoms with E-state index in [9.17, 15) is 38.0 Å². The van der Waals surface area contributed by atoms with Gasteiger partial charge in [0.15, 0.2) is 0 Å². The number of aliphatic carboxylic acids is 1. The van der Waals surface area contributed by atoms with Crippen molar-refractivity contribution in [3.63, 3.8) is 0 Å². The molecule has 0 bridgehead atoms. The van der Waals surface area contributed by atoms with Gasteiger partial charge in [0.2, 0.25) is 0 Å². The molecule has 2 aromatic carbocycles. The quantitative estimate of drug-likeness (QED) is 0.266. The smallest absolute Gasteiger partial charge is 0.416 e. The molecule has 224 valence electrons. The second-order valence-electron chi connectivity index (χ2n) is 10.2. The van der Waals surface area contributed by atoms with E-state index in [0.717, 1.165) is 12.1 Å². The lowest BCUT2D eigenvalue weighted by Gasteiger charge is -2.48. The topological polar surface area (TPSA) is 125 Å². The van der Waals surface area contributed by atoms with Crippen LogP contribution in [0.5, 0.6) is 0 Å². The maximum atomic E-state index is 13.2. The van der Waals surface area contributed by atoms with Crippen molar-refractivity contribution in [3.05, 3.63) is 97.9 Å². The third-order valence-corrected chi connectivity index (χ3v) is 7.89. The van der Waals surface area contributed by atoms with Crippen LogP contribution in [-0.2, 0) is 20.5 Å². The molecule has 0 radical (unpaired) electrons. The molecule has 3 atom stereocenters. The fourth-order valence-corrected chi connectivity index (χ4v) is 5.96. The van der Waals surface area contributed by atoms with Crippen molar-refractivity contribution < 1.29 is 37.5 Å². The zero-order valence-corrected chi connectivity index (χ0v) is 23.4. The molecular formula is C29H31F3N4O6. The van der Waals surface area contributed by atoms with Crippen LogP contribution in [0.3, 0.4) is 0 Å². The second-order valence-corrected chi connectivity index (χ2v) is 10.2. The summed E-state index contributed by atoms with van der Waals surface area (Å²) in [6, 6.07) is 10.0. The molecule has 0 amide bonds. The Hall–Kier alpha value is -4.23. The SMILES string of the molecule is COC(=O)C1=C(C)N(C(C)N2CCNCC2c2ccc(C(F)(F)F)cc2)C(C)=C(C(=O)O)C1c1cccc([N+](=O)[O-])c1.